The summed E-state index contributed by atoms with van der Waals surface area (Å²) in [5.41, 5.74) is -0.0758. The van der Waals surface area contributed by atoms with Crippen molar-refractivity contribution in [1.29, 1.82) is 0 Å². The molecule has 2 nitrogen and oxygen atoms in total. The zero-order valence-corrected chi connectivity index (χ0v) is 7.62. The maximum Gasteiger partial charge on any atom is 0.139 e. The first-order valence-corrected chi connectivity index (χ1v) is 5.07. The highest BCUT2D eigenvalue weighted by atomic mass is 16.5. The van der Waals surface area contributed by atoms with E-state index >= 15 is 0 Å². The average Bonchev–Trinajstić information content (AvgIpc) is 2.02. The predicted octanol–water partition coefficient (Wildman–Crippen LogP) is 1.17. The highest BCUT2D eigenvalue weighted by molar-refractivity contribution is 5.89. The summed E-state index contributed by atoms with van der Waals surface area (Å²) in [6, 6.07) is 0. The van der Waals surface area contributed by atoms with Gasteiger partial charge in [0.1, 0.15) is 5.78 Å². The normalized spacial score (nSPS) is 64.2. The molecule has 3 aliphatic carbocycles. The largest absolute Gasteiger partial charge is 0.373 e. The number of fused-ring (bicyclic) bond motifs is 2. The second-order valence-corrected chi connectivity index (χ2v) is 4.97. The molecule has 0 N–H and O–H groups in total. The first-order valence-electron chi connectivity index (χ1n) is 5.07. The van der Waals surface area contributed by atoms with Gasteiger partial charge in [-0.05, 0) is 13.3 Å². The molecule has 0 unspecified atom stereocenters. The lowest BCUT2D eigenvalue weighted by molar-refractivity contribution is -0.423. The van der Waals surface area contributed by atoms with E-state index in [0.29, 0.717) is 23.5 Å². The minimum Gasteiger partial charge on any atom is -0.373 e. The van der Waals surface area contributed by atoms with Crippen LogP contribution in [-0.2, 0) is 9.53 Å². The standard InChI is InChI=1S/C11H12O2/c1-6(12)10-4-7-5-13-11(7,10)9-3-2-8(9)10/h2-3,7-9H,4-5H2,1H3/t7-,8+,9-,10-,11+/m1/s1. The molecule has 4 aliphatic rings. The van der Waals surface area contributed by atoms with Gasteiger partial charge in [0, 0.05) is 17.8 Å². The highest BCUT2D eigenvalue weighted by Crippen LogP contribution is 2.81. The fourth-order valence-electron chi connectivity index (χ4n) is 4.33. The van der Waals surface area contributed by atoms with Gasteiger partial charge in [0.15, 0.2) is 0 Å². The van der Waals surface area contributed by atoms with Crippen molar-refractivity contribution >= 4 is 5.78 Å². The molecule has 5 atom stereocenters. The second-order valence-electron chi connectivity index (χ2n) is 4.97. The van der Waals surface area contributed by atoms with Crippen molar-refractivity contribution in [2.75, 3.05) is 6.61 Å². The molecule has 0 bridgehead atoms. The molecule has 4 rings (SSSR count). The van der Waals surface area contributed by atoms with Crippen molar-refractivity contribution in [1.82, 2.24) is 0 Å². The Labute approximate surface area is 77.0 Å². The lowest BCUT2D eigenvalue weighted by Gasteiger charge is -2.83. The maximum atomic E-state index is 11.7. The number of hydrogen-bond acceptors (Lipinski definition) is 2. The minimum absolute atomic E-state index is 0.00174. The molecule has 0 aromatic rings. The molecule has 1 aliphatic heterocycles. The number of allylic oxidation sites excluding steroid dienone is 1. The third kappa shape index (κ3) is 0.364. The fraction of sp³-hybridized carbons (Fsp3) is 0.727. The van der Waals surface area contributed by atoms with Crippen molar-refractivity contribution in [3.63, 3.8) is 0 Å². The van der Waals surface area contributed by atoms with Crippen molar-refractivity contribution in [3.8, 4) is 0 Å². The van der Waals surface area contributed by atoms with Crippen LogP contribution in [0.1, 0.15) is 13.3 Å². The van der Waals surface area contributed by atoms with Gasteiger partial charge in [0.05, 0.1) is 17.6 Å². The van der Waals surface area contributed by atoms with Crippen LogP contribution in [0.3, 0.4) is 0 Å². The molecule has 1 spiro atoms. The lowest BCUT2D eigenvalue weighted by atomic mass is 9.25. The number of carbonyl (C=O) groups is 1. The molecule has 3 fully saturated rings. The average molecular weight is 176 g/mol. The van der Waals surface area contributed by atoms with Gasteiger partial charge in [0.2, 0.25) is 0 Å². The first-order chi connectivity index (χ1) is 6.23. The van der Waals surface area contributed by atoms with E-state index in [1.807, 2.05) is 0 Å². The van der Waals surface area contributed by atoms with Crippen LogP contribution in [0.4, 0.5) is 0 Å². The molecule has 0 radical (unpaired) electrons. The smallest absolute Gasteiger partial charge is 0.139 e. The van der Waals surface area contributed by atoms with Crippen LogP contribution in [-0.4, -0.2) is 18.0 Å². The summed E-state index contributed by atoms with van der Waals surface area (Å²) >= 11 is 0. The summed E-state index contributed by atoms with van der Waals surface area (Å²) in [4.78, 5) is 11.7. The summed E-state index contributed by atoms with van der Waals surface area (Å²) in [6.07, 6.45) is 5.53. The third-order valence-electron chi connectivity index (χ3n) is 5.00. The molecule has 2 saturated carbocycles. The van der Waals surface area contributed by atoms with Crippen molar-refractivity contribution in [2.24, 2.45) is 23.2 Å². The van der Waals surface area contributed by atoms with Gasteiger partial charge < -0.3 is 4.74 Å². The number of ketones is 1. The van der Waals surface area contributed by atoms with Crippen LogP contribution < -0.4 is 0 Å². The Morgan fingerprint density at radius 3 is 2.54 bits per heavy atom. The van der Waals surface area contributed by atoms with E-state index in [1.165, 1.54) is 0 Å². The Bertz CT molecular complexity index is 359. The van der Waals surface area contributed by atoms with Crippen LogP contribution in [0.2, 0.25) is 0 Å². The molecular formula is C11H12O2. The number of ether oxygens (including phenoxy) is 1. The molecule has 13 heavy (non-hydrogen) atoms. The van der Waals surface area contributed by atoms with E-state index in [1.54, 1.807) is 6.92 Å². The molecule has 0 amide bonds. The van der Waals surface area contributed by atoms with Crippen LogP contribution in [0.5, 0.6) is 0 Å². The second kappa shape index (κ2) is 1.52. The van der Waals surface area contributed by atoms with E-state index in [2.05, 4.69) is 12.2 Å². The molecule has 0 aromatic carbocycles. The third-order valence-corrected chi connectivity index (χ3v) is 5.00. The van der Waals surface area contributed by atoms with Gasteiger partial charge in [-0.25, -0.2) is 0 Å². The van der Waals surface area contributed by atoms with E-state index in [4.69, 9.17) is 4.74 Å². The van der Waals surface area contributed by atoms with E-state index in [-0.39, 0.29) is 11.0 Å². The summed E-state index contributed by atoms with van der Waals surface area (Å²) in [6.45, 7) is 2.63. The Morgan fingerprint density at radius 2 is 2.23 bits per heavy atom. The van der Waals surface area contributed by atoms with Gasteiger partial charge in [-0.15, -0.1) is 0 Å². The Morgan fingerprint density at radius 1 is 1.46 bits per heavy atom. The zero-order valence-electron chi connectivity index (χ0n) is 7.62. The van der Waals surface area contributed by atoms with Crippen molar-refractivity contribution in [2.45, 2.75) is 18.9 Å². The molecule has 1 saturated heterocycles. The van der Waals surface area contributed by atoms with Gasteiger partial charge >= 0.3 is 0 Å². The molecule has 0 aromatic heterocycles. The van der Waals surface area contributed by atoms with Gasteiger partial charge in [0.25, 0.3) is 0 Å². The topological polar surface area (TPSA) is 26.3 Å². The summed E-state index contributed by atoms with van der Waals surface area (Å²) in [7, 11) is 0. The van der Waals surface area contributed by atoms with E-state index in [9.17, 15) is 4.79 Å². The lowest BCUT2D eigenvalue weighted by Crippen LogP contribution is -2.90. The van der Waals surface area contributed by atoms with E-state index < -0.39 is 0 Å². The van der Waals surface area contributed by atoms with Gasteiger partial charge in [-0.2, -0.15) is 0 Å². The number of rotatable bonds is 1. The molecule has 68 valence electrons. The SMILES string of the molecule is CC(=O)[C@@]12C[C@@H]3CO[C@]31[C@@H]1C=C[C@@H]12. The Hall–Kier alpha value is -0.630. The minimum atomic E-state index is -0.0741. The van der Waals surface area contributed by atoms with Gasteiger partial charge in [-0.1, -0.05) is 12.2 Å². The molecular weight excluding hydrogens is 164 g/mol. The van der Waals surface area contributed by atoms with Crippen molar-refractivity contribution < 1.29 is 9.53 Å². The highest BCUT2D eigenvalue weighted by Gasteiger charge is 2.88. The van der Waals surface area contributed by atoms with Crippen LogP contribution in [0, 0.1) is 23.2 Å². The number of Topliss-reactive ketones (excluding diaryl/α,β-unsaturated/α-hetero) is 1. The van der Waals surface area contributed by atoms with Gasteiger partial charge in [-0.3, -0.25) is 4.79 Å². The van der Waals surface area contributed by atoms with Crippen LogP contribution in [0.25, 0.3) is 0 Å². The monoisotopic (exact) mass is 176 g/mol. The Kier molecular flexibility index (Phi) is 0.791. The summed E-state index contributed by atoms with van der Waals surface area (Å²) in [5, 5.41) is 0. The van der Waals surface area contributed by atoms with Crippen molar-refractivity contribution in [3.05, 3.63) is 12.2 Å². The Balaban J connectivity index is 1.87. The quantitative estimate of drug-likeness (QED) is 0.560. The predicted molar refractivity (Wildman–Crippen MR) is 46.0 cm³/mol. The summed E-state index contributed by atoms with van der Waals surface area (Å²) < 4.78 is 5.74. The van der Waals surface area contributed by atoms with E-state index in [0.717, 1.165) is 13.0 Å². The van der Waals surface area contributed by atoms with Crippen LogP contribution >= 0.6 is 0 Å². The zero-order chi connectivity index (χ0) is 8.84. The summed E-state index contributed by atoms with van der Waals surface area (Å²) in [5.74, 6) is 2.17. The number of hydrogen-bond donors (Lipinski definition) is 0. The fourth-order valence-corrected chi connectivity index (χ4v) is 4.33. The first kappa shape index (κ1) is 6.77. The molecule has 2 heteroatoms. The maximum absolute atomic E-state index is 11.7. The number of carbonyl (C=O) groups excluding carboxylic acids is 1. The van der Waals surface area contributed by atoms with Crippen LogP contribution in [0.15, 0.2) is 12.2 Å². The molecule has 1 heterocycles.